The molecule has 2 N–H and O–H groups in total. The second-order valence-electron chi connectivity index (χ2n) is 3.55. The van der Waals surface area contributed by atoms with Crippen molar-refractivity contribution in [2.45, 2.75) is 33.1 Å². The molecule has 0 heterocycles. The Morgan fingerprint density at radius 3 is 1.94 bits per heavy atom. The Morgan fingerprint density at radius 1 is 1.11 bits per heavy atom. The van der Waals surface area contributed by atoms with Crippen LogP contribution in [0.4, 0.5) is 0 Å². The van der Waals surface area contributed by atoms with E-state index in [2.05, 4.69) is 54.6 Å². The number of carbonyl (C=O) groups is 2. The highest BCUT2D eigenvalue weighted by molar-refractivity contribution is 14.1. The highest BCUT2D eigenvalue weighted by Crippen LogP contribution is 2.17. The second kappa shape index (κ2) is 8.91. The first-order chi connectivity index (χ1) is 8.42. The van der Waals surface area contributed by atoms with Crippen molar-refractivity contribution in [3.63, 3.8) is 0 Å². The maximum Gasteiger partial charge on any atom is 0.314 e. The van der Waals surface area contributed by atoms with E-state index in [0.717, 1.165) is 12.8 Å². The Bertz CT molecular complexity index is 403. The molecule has 0 radical (unpaired) electrons. The van der Waals surface area contributed by atoms with Crippen LogP contribution in [0.25, 0.3) is 0 Å². The number of benzene rings is 1. The fraction of sp³-hybridized carbons (Fsp3) is 0.385. The molecule has 0 aliphatic rings. The van der Waals surface area contributed by atoms with Crippen LogP contribution in [0, 0.1) is 3.57 Å². The van der Waals surface area contributed by atoms with Crippen molar-refractivity contribution >= 4 is 34.5 Å². The molecule has 0 aromatic heterocycles. The summed E-state index contributed by atoms with van der Waals surface area (Å²) in [5.74, 6) is -2.62. The van der Waals surface area contributed by atoms with Gasteiger partial charge in [-0.25, -0.2) is 0 Å². The van der Waals surface area contributed by atoms with Crippen LogP contribution in [0.15, 0.2) is 18.2 Å². The molecule has 0 fully saturated rings. The topological polar surface area (TPSA) is 74.6 Å². The van der Waals surface area contributed by atoms with E-state index >= 15 is 0 Å². The van der Waals surface area contributed by atoms with E-state index in [1.807, 2.05) is 0 Å². The first kappa shape index (κ1) is 16.9. The molecule has 18 heavy (non-hydrogen) atoms. The fourth-order valence-corrected chi connectivity index (χ4v) is 2.40. The van der Waals surface area contributed by atoms with E-state index in [9.17, 15) is 9.59 Å². The molecule has 100 valence electrons. The number of rotatable bonds is 4. The van der Waals surface area contributed by atoms with Gasteiger partial charge in [0.25, 0.3) is 0 Å². The van der Waals surface area contributed by atoms with Crippen LogP contribution < -0.4 is 0 Å². The molecule has 0 amide bonds. The maximum atomic E-state index is 9.43. The van der Waals surface area contributed by atoms with E-state index in [-0.39, 0.29) is 0 Å². The molecule has 0 bridgehead atoms. The predicted molar refractivity (Wildman–Crippen MR) is 77.8 cm³/mol. The summed E-state index contributed by atoms with van der Waals surface area (Å²) in [4.78, 5) is 18.9. The summed E-state index contributed by atoms with van der Waals surface area (Å²) in [6.07, 6.45) is 1.50. The summed E-state index contributed by atoms with van der Waals surface area (Å²) in [6, 6.07) is 6.54. The lowest BCUT2D eigenvalue weighted by molar-refractivity contribution is -0.147. The third-order valence-electron chi connectivity index (χ3n) is 2.25. The number of hydrogen-bond acceptors (Lipinski definition) is 2. The van der Waals surface area contributed by atoms with E-state index in [0.29, 0.717) is 0 Å². The second-order valence-corrected chi connectivity index (χ2v) is 4.71. The molecule has 1 aromatic rings. The summed E-state index contributed by atoms with van der Waals surface area (Å²) in [7, 11) is 0. The van der Waals surface area contributed by atoms with Gasteiger partial charge >= 0.3 is 11.9 Å². The normalized spacial score (nSPS) is 9.28. The van der Waals surface area contributed by atoms with E-state index in [1.165, 1.54) is 14.7 Å². The van der Waals surface area contributed by atoms with Gasteiger partial charge in [-0.2, -0.15) is 0 Å². The van der Waals surface area contributed by atoms with Gasteiger partial charge in [-0.15, -0.1) is 0 Å². The predicted octanol–water partition coefficient (Wildman–Crippen LogP) is 2.96. The minimum atomic E-state index is -1.31. The molecule has 0 atom stereocenters. The SMILES string of the molecule is CCc1cccc(I)c1CC.O=C(O)CC(=O)O. The van der Waals surface area contributed by atoms with Gasteiger partial charge in [-0.1, -0.05) is 26.0 Å². The molecule has 1 aromatic carbocycles. The first-order valence-electron chi connectivity index (χ1n) is 5.62. The minimum Gasteiger partial charge on any atom is -0.481 e. The zero-order valence-corrected chi connectivity index (χ0v) is 12.6. The Hall–Kier alpha value is -1.11. The van der Waals surface area contributed by atoms with Crippen LogP contribution in [0.5, 0.6) is 0 Å². The quantitative estimate of drug-likeness (QED) is 0.636. The average Bonchev–Trinajstić information content (AvgIpc) is 2.27. The van der Waals surface area contributed by atoms with Crippen molar-refractivity contribution in [2.75, 3.05) is 0 Å². The standard InChI is InChI=1S/C10H13I.C3H4O4/c1-3-8-6-5-7-10(11)9(8)4-2;4-2(5)1-3(6)7/h5-7H,3-4H2,1-2H3;1H2,(H,4,5)(H,6,7). The van der Waals surface area contributed by atoms with Crippen molar-refractivity contribution in [1.82, 2.24) is 0 Å². The van der Waals surface area contributed by atoms with Gasteiger partial charge < -0.3 is 10.2 Å². The summed E-state index contributed by atoms with van der Waals surface area (Å²) in [5, 5.41) is 15.4. The Kier molecular flexibility index (Phi) is 8.36. The van der Waals surface area contributed by atoms with Crippen molar-refractivity contribution in [3.8, 4) is 0 Å². The summed E-state index contributed by atoms with van der Waals surface area (Å²) in [5.41, 5.74) is 3.02. The first-order valence-corrected chi connectivity index (χ1v) is 6.70. The van der Waals surface area contributed by atoms with Gasteiger partial charge in [0.05, 0.1) is 0 Å². The number of carboxylic acids is 2. The number of carboxylic acid groups (broad SMARTS) is 2. The average molecular weight is 364 g/mol. The van der Waals surface area contributed by atoms with E-state index in [1.54, 1.807) is 0 Å². The lowest BCUT2D eigenvalue weighted by Crippen LogP contribution is -2.03. The zero-order chi connectivity index (χ0) is 14.1. The van der Waals surface area contributed by atoms with Crippen LogP contribution in [-0.2, 0) is 22.4 Å². The van der Waals surface area contributed by atoms with Crippen molar-refractivity contribution in [3.05, 3.63) is 32.9 Å². The van der Waals surface area contributed by atoms with Gasteiger partial charge in [0.15, 0.2) is 0 Å². The van der Waals surface area contributed by atoms with Gasteiger partial charge in [0.2, 0.25) is 0 Å². The summed E-state index contributed by atoms with van der Waals surface area (Å²) >= 11 is 2.41. The van der Waals surface area contributed by atoms with E-state index in [4.69, 9.17) is 10.2 Å². The number of hydrogen-bond donors (Lipinski definition) is 2. The lowest BCUT2D eigenvalue weighted by Gasteiger charge is -2.06. The molecule has 0 spiro atoms. The van der Waals surface area contributed by atoms with Gasteiger partial charge in [-0.05, 0) is 52.6 Å². The van der Waals surface area contributed by atoms with Gasteiger partial charge in [-0.3, -0.25) is 9.59 Å². The van der Waals surface area contributed by atoms with Crippen LogP contribution in [0.1, 0.15) is 31.4 Å². The number of halogens is 1. The molecule has 0 saturated heterocycles. The number of aryl methyl sites for hydroxylation is 1. The minimum absolute atomic E-state index is 0.806. The molecule has 1 rings (SSSR count). The highest BCUT2D eigenvalue weighted by atomic mass is 127. The zero-order valence-electron chi connectivity index (χ0n) is 10.4. The molecular formula is C13H17IO4. The molecule has 0 aliphatic heterocycles. The van der Waals surface area contributed by atoms with E-state index < -0.39 is 18.4 Å². The summed E-state index contributed by atoms with van der Waals surface area (Å²) < 4.78 is 1.41. The maximum absolute atomic E-state index is 9.43. The lowest BCUT2D eigenvalue weighted by atomic mass is 10.0. The molecular weight excluding hydrogens is 347 g/mol. The third-order valence-corrected chi connectivity index (χ3v) is 3.26. The highest BCUT2D eigenvalue weighted by Gasteiger charge is 2.02. The largest absolute Gasteiger partial charge is 0.481 e. The molecule has 0 saturated carbocycles. The van der Waals surface area contributed by atoms with Crippen molar-refractivity contribution < 1.29 is 19.8 Å². The molecule has 0 unspecified atom stereocenters. The van der Waals surface area contributed by atoms with Crippen molar-refractivity contribution in [2.24, 2.45) is 0 Å². The Balaban J connectivity index is 0.000000360. The fourth-order valence-electron chi connectivity index (χ4n) is 1.46. The third kappa shape index (κ3) is 6.58. The molecule has 0 aliphatic carbocycles. The van der Waals surface area contributed by atoms with Crippen LogP contribution in [-0.4, -0.2) is 22.2 Å². The monoisotopic (exact) mass is 364 g/mol. The van der Waals surface area contributed by atoms with Gasteiger partial charge in [0.1, 0.15) is 6.42 Å². The number of aliphatic carboxylic acids is 2. The van der Waals surface area contributed by atoms with Crippen molar-refractivity contribution in [1.29, 1.82) is 0 Å². The summed E-state index contributed by atoms with van der Waals surface area (Å²) in [6.45, 7) is 4.43. The molecule has 4 nitrogen and oxygen atoms in total. The Morgan fingerprint density at radius 2 is 1.67 bits per heavy atom. The van der Waals surface area contributed by atoms with Gasteiger partial charge in [0, 0.05) is 3.57 Å². The van der Waals surface area contributed by atoms with Crippen LogP contribution in [0.2, 0.25) is 0 Å². The van der Waals surface area contributed by atoms with Crippen LogP contribution in [0.3, 0.4) is 0 Å². The van der Waals surface area contributed by atoms with Crippen LogP contribution >= 0.6 is 22.6 Å². The smallest absolute Gasteiger partial charge is 0.314 e. The molecule has 5 heteroatoms. The Labute approximate surface area is 120 Å².